The Labute approximate surface area is 144 Å². The Morgan fingerprint density at radius 3 is 2.27 bits per heavy atom. The molecule has 0 saturated heterocycles. The summed E-state index contributed by atoms with van der Waals surface area (Å²) in [5, 5.41) is 12.9. The van der Waals surface area contributed by atoms with E-state index in [1.165, 1.54) is 6.07 Å². The zero-order valence-electron chi connectivity index (χ0n) is 13.0. The molecule has 2 aromatic rings. The first-order valence-electron chi connectivity index (χ1n) is 7.16. The molecule has 0 aliphatic carbocycles. The van der Waals surface area contributed by atoms with E-state index in [9.17, 15) is 32.9 Å². The van der Waals surface area contributed by atoms with Gasteiger partial charge in [-0.2, -0.15) is 4.39 Å². The van der Waals surface area contributed by atoms with Gasteiger partial charge in [-0.15, -0.1) is 0 Å². The SMILES string of the molecule is NC(=O)[C@H](Cc1ccc(F)c([N+](=O)[O-])c1)NC(=O)c1cc(F)cc(F)c1. The van der Waals surface area contributed by atoms with Gasteiger partial charge in [0.2, 0.25) is 11.7 Å². The van der Waals surface area contributed by atoms with Crippen LogP contribution < -0.4 is 11.1 Å². The summed E-state index contributed by atoms with van der Waals surface area (Å²) in [5.41, 5.74) is 4.17. The van der Waals surface area contributed by atoms with Crippen molar-refractivity contribution >= 4 is 17.5 Å². The number of nitro groups is 1. The maximum absolute atomic E-state index is 13.3. The molecule has 0 aliphatic heterocycles. The van der Waals surface area contributed by atoms with E-state index in [1.807, 2.05) is 0 Å². The molecule has 0 aliphatic rings. The number of benzene rings is 2. The first-order valence-corrected chi connectivity index (χ1v) is 7.16. The molecule has 0 unspecified atom stereocenters. The number of carbonyl (C=O) groups excluding carboxylic acids is 2. The van der Waals surface area contributed by atoms with Gasteiger partial charge in [0.15, 0.2) is 0 Å². The Hall–Kier alpha value is -3.43. The van der Waals surface area contributed by atoms with Crippen molar-refractivity contribution in [3.05, 3.63) is 75.1 Å². The summed E-state index contributed by atoms with van der Waals surface area (Å²) in [5.74, 6) is -4.99. The molecule has 0 fully saturated rings. The third-order valence-corrected chi connectivity index (χ3v) is 3.42. The largest absolute Gasteiger partial charge is 0.368 e. The number of carbonyl (C=O) groups is 2. The number of nitrogens with two attached hydrogens (primary N) is 1. The van der Waals surface area contributed by atoms with Crippen LogP contribution in [0.1, 0.15) is 15.9 Å². The van der Waals surface area contributed by atoms with Crippen molar-refractivity contribution in [3.8, 4) is 0 Å². The van der Waals surface area contributed by atoms with Gasteiger partial charge in [-0.25, -0.2) is 8.78 Å². The maximum Gasteiger partial charge on any atom is 0.305 e. The minimum absolute atomic E-state index is 0.160. The molecule has 2 amide bonds. The minimum Gasteiger partial charge on any atom is -0.368 e. The molecule has 0 bridgehead atoms. The van der Waals surface area contributed by atoms with Crippen molar-refractivity contribution < 1.29 is 27.7 Å². The van der Waals surface area contributed by atoms with Crippen LogP contribution in [0.25, 0.3) is 0 Å². The fourth-order valence-corrected chi connectivity index (χ4v) is 2.21. The molecular weight excluding hydrogens is 355 g/mol. The van der Waals surface area contributed by atoms with Crippen LogP contribution >= 0.6 is 0 Å². The number of amides is 2. The molecule has 0 aromatic heterocycles. The molecule has 2 aromatic carbocycles. The first-order chi connectivity index (χ1) is 12.2. The van der Waals surface area contributed by atoms with Crippen LogP contribution in [0.4, 0.5) is 18.9 Å². The van der Waals surface area contributed by atoms with Gasteiger partial charge < -0.3 is 11.1 Å². The zero-order valence-corrected chi connectivity index (χ0v) is 13.0. The van der Waals surface area contributed by atoms with Gasteiger partial charge in [0.25, 0.3) is 5.91 Å². The molecular formula is C16H12F3N3O4. The lowest BCUT2D eigenvalue weighted by Crippen LogP contribution is -2.45. The average molecular weight is 367 g/mol. The molecule has 0 saturated carbocycles. The Balaban J connectivity index is 2.22. The van der Waals surface area contributed by atoms with Crippen LogP contribution in [0.3, 0.4) is 0 Å². The van der Waals surface area contributed by atoms with Crippen molar-refractivity contribution in [2.75, 3.05) is 0 Å². The van der Waals surface area contributed by atoms with E-state index >= 15 is 0 Å². The van der Waals surface area contributed by atoms with Gasteiger partial charge in [-0.1, -0.05) is 6.07 Å². The van der Waals surface area contributed by atoms with Crippen LogP contribution in [0.5, 0.6) is 0 Å². The molecule has 3 N–H and O–H groups in total. The first kappa shape index (κ1) is 18.9. The quantitative estimate of drug-likeness (QED) is 0.599. The maximum atomic E-state index is 13.3. The molecule has 2 rings (SSSR count). The second-order valence-corrected chi connectivity index (χ2v) is 5.33. The summed E-state index contributed by atoms with van der Waals surface area (Å²) in [6, 6.07) is 3.69. The number of primary amides is 1. The molecule has 10 heteroatoms. The highest BCUT2D eigenvalue weighted by molar-refractivity contribution is 5.97. The number of hydrogen-bond donors (Lipinski definition) is 2. The van der Waals surface area contributed by atoms with E-state index in [0.29, 0.717) is 6.07 Å². The molecule has 26 heavy (non-hydrogen) atoms. The fraction of sp³-hybridized carbons (Fsp3) is 0.125. The lowest BCUT2D eigenvalue weighted by Gasteiger charge is -2.16. The zero-order chi connectivity index (χ0) is 19.4. The predicted molar refractivity (Wildman–Crippen MR) is 83.6 cm³/mol. The second kappa shape index (κ2) is 7.64. The number of halogens is 3. The monoisotopic (exact) mass is 367 g/mol. The average Bonchev–Trinajstić information content (AvgIpc) is 2.54. The Morgan fingerprint density at radius 2 is 1.73 bits per heavy atom. The van der Waals surface area contributed by atoms with Crippen molar-refractivity contribution in [1.82, 2.24) is 5.32 Å². The fourth-order valence-electron chi connectivity index (χ4n) is 2.21. The summed E-state index contributed by atoms with van der Waals surface area (Å²) < 4.78 is 39.7. The molecule has 1 atom stereocenters. The summed E-state index contributed by atoms with van der Waals surface area (Å²) in [6.07, 6.45) is -0.278. The van der Waals surface area contributed by atoms with E-state index in [1.54, 1.807) is 0 Å². The Bertz CT molecular complexity index is 869. The second-order valence-electron chi connectivity index (χ2n) is 5.33. The Kier molecular flexibility index (Phi) is 5.55. The van der Waals surface area contributed by atoms with E-state index < -0.39 is 45.9 Å². The number of rotatable bonds is 6. The predicted octanol–water partition coefficient (Wildman–Crippen LogP) is 1.84. The van der Waals surface area contributed by atoms with Gasteiger partial charge in [0.1, 0.15) is 17.7 Å². The van der Waals surface area contributed by atoms with Crippen molar-refractivity contribution in [2.24, 2.45) is 5.73 Å². The lowest BCUT2D eigenvalue weighted by molar-refractivity contribution is -0.387. The van der Waals surface area contributed by atoms with E-state index in [-0.39, 0.29) is 17.5 Å². The van der Waals surface area contributed by atoms with Gasteiger partial charge in [0, 0.05) is 24.1 Å². The van der Waals surface area contributed by atoms with Crippen LogP contribution in [0, 0.1) is 27.6 Å². The smallest absolute Gasteiger partial charge is 0.305 e. The summed E-state index contributed by atoms with van der Waals surface area (Å²) in [4.78, 5) is 33.4. The molecule has 0 spiro atoms. The van der Waals surface area contributed by atoms with Crippen LogP contribution in [0.2, 0.25) is 0 Å². The molecule has 136 valence electrons. The van der Waals surface area contributed by atoms with Crippen molar-refractivity contribution in [2.45, 2.75) is 12.5 Å². The summed E-state index contributed by atoms with van der Waals surface area (Å²) in [6.45, 7) is 0. The number of nitrogens with one attached hydrogen (secondary N) is 1. The van der Waals surface area contributed by atoms with Gasteiger partial charge in [0.05, 0.1) is 4.92 Å². The number of hydrogen-bond acceptors (Lipinski definition) is 4. The standard InChI is InChI=1S/C16H12F3N3O4/c17-10-5-9(6-11(18)7-10)16(24)21-13(15(20)23)3-8-1-2-12(19)14(4-8)22(25)26/h1-2,4-7,13H,3H2,(H2,20,23)(H,21,24)/t13-/m0/s1. The molecule has 7 nitrogen and oxygen atoms in total. The van der Waals surface area contributed by atoms with Crippen molar-refractivity contribution in [3.63, 3.8) is 0 Å². The molecule has 0 radical (unpaired) electrons. The van der Waals surface area contributed by atoms with Crippen LogP contribution in [-0.4, -0.2) is 22.8 Å². The van der Waals surface area contributed by atoms with Crippen molar-refractivity contribution in [1.29, 1.82) is 0 Å². The topological polar surface area (TPSA) is 115 Å². The summed E-state index contributed by atoms with van der Waals surface area (Å²) >= 11 is 0. The van der Waals surface area contributed by atoms with Gasteiger partial charge >= 0.3 is 5.69 Å². The third kappa shape index (κ3) is 4.56. The van der Waals surface area contributed by atoms with E-state index in [0.717, 1.165) is 24.3 Å². The van der Waals surface area contributed by atoms with Crippen LogP contribution in [0.15, 0.2) is 36.4 Å². The van der Waals surface area contributed by atoms with E-state index in [4.69, 9.17) is 5.73 Å². The van der Waals surface area contributed by atoms with Gasteiger partial charge in [-0.05, 0) is 23.8 Å². The number of nitrogens with zero attached hydrogens (tertiary/aromatic N) is 1. The Morgan fingerprint density at radius 1 is 1.12 bits per heavy atom. The molecule has 0 heterocycles. The highest BCUT2D eigenvalue weighted by Gasteiger charge is 2.22. The normalized spacial score (nSPS) is 11.7. The van der Waals surface area contributed by atoms with E-state index in [2.05, 4.69) is 5.32 Å². The third-order valence-electron chi connectivity index (χ3n) is 3.42. The number of nitro benzene ring substituents is 1. The lowest BCUT2D eigenvalue weighted by atomic mass is 10.0. The van der Waals surface area contributed by atoms with Gasteiger partial charge in [-0.3, -0.25) is 19.7 Å². The summed E-state index contributed by atoms with van der Waals surface area (Å²) in [7, 11) is 0. The minimum atomic E-state index is -1.33. The highest BCUT2D eigenvalue weighted by atomic mass is 19.1. The highest BCUT2D eigenvalue weighted by Crippen LogP contribution is 2.19. The van der Waals surface area contributed by atoms with Crippen LogP contribution in [-0.2, 0) is 11.2 Å².